The summed E-state index contributed by atoms with van der Waals surface area (Å²) in [7, 11) is 0. The van der Waals surface area contributed by atoms with Crippen LogP contribution in [0.25, 0.3) is 0 Å². The maximum atomic E-state index is 15.4. The predicted octanol–water partition coefficient (Wildman–Crippen LogP) is 11.4. The van der Waals surface area contributed by atoms with Crippen molar-refractivity contribution in [2.45, 2.75) is 134 Å². The van der Waals surface area contributed by atoms with Crippen molar-refractivity contribution in [3.05, 3.63) is 29.3 Å². The molecule has 228 valence electrons. The summed E-state index contributed by atoms with van der Waals surface area (Å²) in [5, 5.41) is 0. The van der Waals surface area contributed by atoms with Crippen molar-refractivity contribution in [1.82, 2.24) is 0 Å². The molecule has 0 amide bonds. The molecule has 0 aliphatic heterocycles. The maximum Gasteiger partial charge on any atom is 0.573 e. The van der Waals surface area contributed by atoms with Gasteiger partial charge in [0.25, 0.3) is 5.92 Å². The summed E-state index contributed by atoms with van der Waals surface area (Å²) >= 11 is 0. The highest BCUT2D eigenvalue weighted by molar-refractivity contribution is 5.33. The van der Waals surface area contributed by atoms with Crippen LogP contribution in [0.3, 0.4) is 0 Å². The largest absolute Gasteiger partial charge is 0.573 e. The minimum absolute atomic E-state index is 0.154. The van der Waals surface area contributed by atoms with Crippen molar-refractivity contribution in [1.29, 1.82) is 0 Å². The van der Waals surface area contributed by atoms with Crippen LogP contribution in [0.5, 0.6) is 5.75 Å². The summed E-state index contributed by atoms with van der Waals surface area (Å²) in [4.78, 5) is 0. The molecule has 0 bridgehead atoms. The van der Waals surface area contributed by atoms with Crippen LogP contribution in [0, 0.1) is 41.2 Å². The molecule has 1 aromatic carbocycles. The molecule has 3 aliphatic rings. The van der Waals surface area contributed by atoms with Gasteiger partial charge in [0.1, 0.15) is 0 Å². The van der Waals surface area contributed by atoms with E-state index in [1.165, 1.54) is 51.4 Å². The van der Waals surface area contributed by atoms with Crippen LogP contribution >= 0.6 is 0 Å². The van der Waals surface area contributed by atoms with Gasteiger partial charge in [-0.05, 0) is 111 Å². The number of unbranched alkanes of at least 4 members (excludes halogenated alkanes) is 2. The second-order valence-corrected chi connectivity index (χ2v) is 12.9. The number of benzene rings is 1. The van der Waals surface area contributed by atoms with E-state index in [9.17, 15) is 22.0 Å². The Hall–Kier alpha value is -1.47. The van der Waals surface area contributed by atoms with Gasteiger partial charge in [0.05, 0.1) is 0 Å². The third-order valence-corrected chi connectivity index (χ3v) is 10.3. The van der Waals surface area contributed by atoms with Gasteiger partial charge in [-0.3, -0.25) is 0 Å². The van der Waals surface area contributed by atoms with Gasteiger partial charge in [-0.15, -0.1) is 13.2 Å². The van der Waals surface area contributed by atoms with E-state index in [4.69, 9.17) is 0 Å². The number of halogens is 7. The Labute approximate surface area is 234 Å². The molecule has 0 radical (unpaired) electrons. The minimum atomic E-state index is -5.20. The molecule has 3 saturated carbocycles. The van der Waals surface area contributed by atoms with Gasteiger partial charge in [0.2, 0.25) is 5.75 Å². The smallest absolute Gasteiger partial charge is 0.399 e. The summed E-state index contributed by atoms with van der Waals surface area (Å²) < 4.78 is 99.7. The molecule has 0 atom stereocenters. The van der Waals surface area contributed by atoms with E-state index in [0.29, 0.717) is 50.4 Å². The lowest BCUT2D eigenvalue weighted by Crippen LogP contribution is -2.36. The lowest BCUT2D eigenvalue weighted by Gasteiger charge is -2.40. The zero-order chi connectivity index (χ0) is 28.9. The Kier molecular flexibility index (Phi) is 10.8. The second-order valence-electron chi connectivity index (χ2n) is 12.9. The van der Waals surface area contributed by atoms with E-state index in [1.807, 2.05) is 0 Å². The number of rotatable bonds is 10. The summed E-state index contributed by atoms with van der Waals surface area (Å²) in [6, 6.07) is 1.75. The van der Waals surface area contributed by atoms with Crippen LogP contribution in [-0.4, -0.2) is 12.3 Å². The van der Waals surface area contributed by atoms with E-state index in [1.54, 1.807) is 0 Å². The minimum Gasteiger partial charge on any atom is -0.399 e. The first kappa shape index (κ1) is 31.5. The highest BCUT2D eigenvalue weighted by Crippen LogP contribution is 2.49. The van der Waals surface area contributed by atoms with Crippen molar-refractivity contribution < 1.29 is 35.5 Å². The molecule has 40 heavy (non-hydrogen) atoms. The van der Waals surface area contributed by atoms with Crippen molar-refractivity contribution in [3.63, 3.8) is 0 Å². The predicted molar refractivity (Wildman–Crippen MR) is 142 cm³/mol. The topological polar surface area (TPSA) is 9.23 Å². The van der Waals surface area contributed by atoms with E-state index in [0.717, 1.165) is 30.9 Å². The molecule has 1 nitrogen and oxygen atoms in total. The molecular weight excluding hydrogens is 533 g/mol. The van der Waals surface area contributed by atoms with Crippen LogP contribution < -0.4 is 4.74 Å². The van der Waals surface area contributed by atoms with Crippen LogP contribution in [0.4, 0.5) is 30.7 Å². The third kappa shape index (κ3) is 8.53. The molecule has 1 aromatic rings. The first-order valence-corrected chi connectivity index (χ1v) is 15.6. The Bertz CT molecular complexity index is 899. The second kappa shape index (κ2) is 13.7. The highest BCUT2D eigenvalue weighted by atomic mass is 19.4. The van der Waals surface area contributed by atoms with Crippen molar-refractivity contribution in [2.24, 2.45) is 29.6 Å². The molecule has 4 rings (SSSR count). The number of ether oxygens (including phenoxy) is 1. The molecule has 8 heteroatoms. The fourth-order valence-electron chi connectivity index (χ4n) is 7.92. The molecule has 0 unspecified atom stereocenters. The van der Waals surface area contributed by atoms with Crippen LogP contribution in [0.15, 0.2) is 12.1 Å². The first-order chi connectivity index (χ1) is 18.9. The van der Waals surface area contributed by atoms with Crippen molar-refractivity contribution >= 4 is 0 Å². The molecule has 0 N–H and O–H groups in total. The number of hydrogen-bond donors (Lipinski definition) is 0. The summed E-state index contributed by atoms with van der Waals surface area (Å²) in [6.45, 7) is 2.24. The fraction of sp³-hybridized carbons (Fsp3) is 0.812. The average molecular weight is 579 g/mol. The number of hydrogen-bond acceptors (Lipinski definition) is 1. The lowest BCUT2D eigenvalue weighted by atomic mass is 9.67. The number of alkyl halides is 5. The monoisotopic (exact) mass is 578 g/mol. The van der Waals surface area contributed by atoms with E-state index in [-0.39, 0.29) is 23.8 Å². The van der Waals surface area contributed by atoms with Gasteiger partial charge in [-0.2, -0.15) is 0 Å². The Morgan fingerprint density at radius 1 is 0.700 bits per heavy atom. The zero-order valence-corrected chi connectivity index (χ0v) is 23.7. The fourth-order valence-corrected chi connectivity index (χ4v) is 7.92. The zero-order valence-electron chi connectivity index (χ0n) is 23.7. The van der Waals surface area contributed by atoms with E-state index >= 15 is 8.78 Å². The molecule has 0 spiro atoms. The van der Waals surface area contributed by atoms with E-state index < -0.39 is 35.6 Å². The van der Waals surface area contributed by atoms with E-state index in [2.05, 4.69) is 11.7 Å². The summed E-state index contributed by atoms with van der Waals surface area (Å²) in [6.07, 6.45) is 10.0. The Morgan fingerprint density at radius 2 is 1.23 bits per heavy atom. The summed E-state index contributed by atoms with van der Waals surface area (Å²) in [5.74, 6) is -5.84. The molecule has 0 heterocycles. The lowest BCUT2D eigenvalue weighted by molar-refractivity contribution is -0.276. The Morgan fingerprint density at radius 3 is 1.75 bits per heavy atom. The molecular formula is C32H45F7O. The third-order valence-electron chi connectivity index (χ3n) is 10.3. The van der Waals surface area contributed by atoms with Crippen LogP contribution in [0.2, 0.25) is 0 Å². The standard InChI is InChI=1S/C32H45F7O/c1-2-3-4-5-21-6-10-23(11-7-21)24-14-16-27(17-15-24)31(35,36)20-22-8-12-25(13-9-22)26-18-28(33)30(29(34)19-26)40-32(37,38)39/h18-19,21-25,27H,2-17,20H2,1H3. The van der Waals surface area contributed by atoms with Gasteiger partial charge >= 0.3 is 6.36 Å². The van der Waals surface area contributed by atoms with Crippen molar-refractivity contribution in [3.8, 4) is 5.75 Å². The highest BCUT2D eigenvalue weighted by Gasteiger charge is 2.44. The molecule has 0 saturated heterocycles. The van der Waals surface area contributed by atoms with Gasteiger partial charge in [-0.25, -0.2) is 17.6 Å². The molecule has 3 aliphatic carbocycles. The molecule has 0 aromatic heterocycles. The van der Waals surface area contributed by atoms with Crippen LogP contribution in [0.1, 0.15) is 128 Å². The van der Waals surface area contributed by atoms with Gasteiger partial charge in [0, 0.05) is 12.3 Å². The SMILES string of the molecule is CCCCCC1CCC(C2CCC(C(F)(F)CC3CCC(c4cc(F)c(OC(F)(F)F)c(F)c4)CC3)CC2)CC1. The van der Waals surface area contributed by atoms with Crippen LogP contribution in [-0.2, 0) is 0 Å². The van der Waals surface area contributed by atoms with Gasteiger partial charge in [0.15, 0.2) is 11.6 Å². The Balaban J connectivity index is 1.21. The quantitative estimate of drug-likeness (QED) is 0.198. The van der Waals surface area contributed by atoms with Gasteiger partial charge < -0.3 is 4.74 Å². The summed E-state index contributed by atoms with van der Waals surface area (Å²) in [5.41, 5.74) is 0.253. The maximum absolute atomic E-state index is 15.4. The molecule has 3 fully saturated rings. The first-order valence-electron chi connectivity index (χ1n) is 15.6. The van der Waals surface area contributed by atoms with Gasteiger partial charge in [-0.1, -0.05) is 45.4 Å². The normalized spacial score (nSPS) is 30.3. The van der Waals surface area contributed by atoms with Crippen molar-refractivity contribution in [2.75, 3.05) is 0 Å². The average Bonchev–Trinajstić information content (AvgIpc) is 2.91.